The van der Waals surface area contributed by atoms with Crippen molar-refractivity contribution in [3.63, 3.8) is 0 Å². The van der Waals surface area contributed by atoms with Crippen molar-refractivity contribution in [2.45, 2.75) is 6.42 Å². The van der Waals surface area contributed by atoms with E-state index < -0.39 is 0 Å². The van der Waals surface area contributed by atoms with Crippen LogP contribution in [0.1, 0.15) is 6.42 Å². The molecule has 0 heterocycles. The van der Waals surface area contributed by atoms with Crippen LogP contribution in [0.4, 0.5) is 0 Å². The average Bonchev–Trinajstić information content (AvgIpc) is 1.69. The van der Waals surface area contributed by atoms with Crippen LogP contribution in [0.3, 0.4) is 0 Å². The second-order valence-corrected chi connectivity index (χ2v) is 1.90. The van der Waals surface area contributed by atoms with Gasteiger partial charge in [-0.2, -0.15) is 11.8 Å². The maximum atomic E-state index is 3.57. The lowest BCUT2D eigenvalue weighted by molar-refractivity contribution is 1.48. The van der Waals surface area contributed by atoms with Crippen molar-refractivity contribution in [2.75, 3.05) is 12.0 Å². The minimum absolute atomic E-state index is 0.737. The van der Waals surface area contributed by atoms with Gasteiger partial charge in [0, 0.05) is 6.42 Å². The lowest BCUT2D eigenvalue weighted by atomic mass is 10.5. The third-order valence-electron chi connectivity index (χ3n) is 0.467. The van der Waals surface area contributed by atoms with Crippen molar-refractivity contribution in [1.82, 2.24) is 0 Å². The van der Waals surface area contributed by atoms with Gasteiger partial charge in [0.25, 0.3) is 0 Å². The molecule has 0 aliphatic heterocycles. The Bertz CT molecular complexity index is 75.9. The van der Waals surface area contributed by atoms with Crippen molar-refractivity contribution in [3.8, 4) is 11.8 Å². The van der Waals surface area contributed by atoms with Crippen LogP contribution in [-0.2, 0) is 0 Å². The zero-order valence-electron chi connectivity index (χ0n) is 4.53. The van der Waals surface area contributed by atoms with Crippen molar-refractivity contribution < 1.29 is 0 Å². The molecule has 0 aromatic heterocycles. The molecule has 7 heavy (non-hydrogen) atoms. The first kappa shape index (κ1) is 6.91. The highest BCUT2D eigenvalue weighted by atomic mass is 32.2. The number of thioether (sulfide) groups is 1. The Labute approximate surface area is 49.7 Å². The summed E-state index contributed by atoms with van der Waals surface area (Å²) in [6, 6.07) is 0. The van der Waals surface area contributed by atoms with E-state index in [1.165, 1.54) is 0 Å². The first-order chi connectivity index (χ1) is 3.41. The molecule has 0 aromatic rings. The predicted octanol–water partition coefficient (Wildman–Crippen LogP) is 1.58. The molecule has 0 saturated heterocycles. The normalized spacial score (nSPS) is 7.14. The molecule has 0 N–H and O–H groups in total. The molecule has 0 amide bonds. The molecule has 0 rings (SSSR count). The van der Waals surface area contributed by atoms with E-state index in [0.29, 0.717) is 0 Å². The monoisotopic (exact) mass is 113 g/mol. The van der Waals surface area contributed by atoms with E-state index in [9.17, 15) is 0 Å². The van der Waals surface area contributed by atoms with E-state index in [-0.39, 0.29) is 0 Å². The molecule has 0 atom stereocenters. The summed E-state index contributed by atoms with van der Waals surface area (Å²) in [7, 11) is 0. The van der Waals surface area contributed by atoms with E-state index in [2.05, 4.69) is 18.8 Å². The SMILES string of the molecule is [CH2]CC#CCSC. The van der Waals surface area contributed by atoms with E-state index in [4.69, 9.17) is 0 Å². The van der Waals surface area contributed by atoms with Gasteiger partial charge in [-0.3, -0.25) is 0 Å². The molecule has 1 heteroatoms. The lowest BCUT2D eigenvalue weighted by Gasteiger charge is -1.74. The summed E-state index contributed by atoms with van der Waals surface area (Å²) >= 11 is 1.74. The van der Waals surface area contributed by atoms with Gasteiger partial charge in [0.1, 0.15) is 0 Å². The molecular formula is C6H9S. The average molecular weight is 113 g/mol. The molecule has 0 aliphatic carbocycles. The Balaban J connectivity index is 2.91. The maximum absolute atomic E-state index is 3.57. The quantitative estimate of drug-likeness (QED) is 0.465. The predicted molar refractivity (Wildman–Crippen MR) is 36.1 cm³/mol. The molecule has 0 aromatic carbocycles. The molecule has 0 unspecified atom stereocenters. The van der Waals surface area contributed by atoms with E-state index >= 15 is 0 Å². The molecule has 0 nitrogen and oxygen atoms in total. The summed E-state index contributed by atoms with van der Waals surface area (Å²) in [5.74, 6) is 6.74. The fourth-order valence-corrected chi connectivity index (χ4v) is 0.458. The van der Waals surface area contributed by atoms with Crippen LogP contribution in [0, 0.1) is 18.8 Å². The second kappa shape index (κ2) is 5.91. The van der Waals surface area contributed by atoms with Crippen molar-refractivity contribution in [2.24, 2.45) is 0 Å². The molecule has 0 fully saturated rings. The maximum Gasteiger partial charge on any atom is 0.0544 e. The fraction of sp³-hybridized carbons (Fsp3) is 0.500. The Hall–Kier alpha value is -0.0900. The van der Waals surface area contributed by atoms with Crippen LogP contribution in [0.5, 0.6) is 0 Å². The summed E-state index contributed by atoms with van der Waals surface area (Å²) < 4.78 is 0. The number of hydrogen-bond acceptors (Lipinski definition) is 1. The van der Waals surface area contributed by atoms with Crippen LogP contribution in [0.2, 0.25) is 0 Å². The van der Waals surface area contributed by atoms with Gasteiger partial charge >= 0.3 is 0 Å². The molecule has 0 spiro atoms. The summed E-state index contributed by atoms with van der Waals surface area (Å²) in [6.45, 7) is 3.57. The fourth-order valence-electron chi connectivity index (χ4n) is 0.212. The Kier molecular flexibility index (Phi) is 5.83. The van der Waals surface area contributed by atoms with E-state index in [0.717, 1.165) is 12.2 Å². The summed E-state index contributed by atoms with van der Waals surface area (Å²) in [6.07, 6.45) is 2.78. The van der Waals surface area contributed by atoms with Gasteiger partial charge < -0.3 is 0 Å². The van der Waals surface area contributed by atoms with Crippen LogP contribution in [-0.4, -0.2) is 12.0 Å². The Morgan fingerprint density at radius 1 is 1.57 bits per heavy atom. The summed E-state index contributed by atoms with van der Waals surface area (Å²) in [4.78, 5) is 0. The first-order valence-corrected chi connectivity index (χ1v) is 3.55. The zero-order chi connectivity index (χ0) is 5.54. The minimum atomic E-state index is 0.737. The molecular weight excluding hydrogens is 104 g/mol. The molecule has 0 aliphatic rings. The van der Waals surface area contributed by atoms with Gasteiger partial charge in [-0.25, -0.2) is 0 Å². The second-order valence-electron chi connectivity index (χ2n) is 1.04. The largest absolute Gasteiger partial charge is 0.152 e. The summed E-state index contributed by atoms with van der Waals surface area (Å²) in [5, 5.41) is 0. The van der Waals surface area contributed by atoms with Crippen LogP contribution in [0.15, 0.2) is 0 Å². The van der Waals surface area contributed by atoms with Gasteiger partial charge in [-0.1, -0.05) is 5.92 Å². The van der Waals surface area contributed by atoms with Gasteiger partial charge in [-0.15, -0.1) is 5.92 Å². The van der Waals surface area contributed by atoms with Gasteiger partial charge in [0.2, 0.25) is 0 Å². The highest BCUT2D eigenvalue weighted by molar-refractivity contribution is 7.98. The van der Waals surface area contributed by atoms with Gasteiger partial charge in [-0.05, 0) is 13.2 Å². The highest BCUT2D eigenvalue weighted by Gasteiger charge is 1.65. The Morgan fingerprint density at radius 2 is 2.29 bits per heavy atom. The topological polar surface area (TPSA) is 0 Å². The molecule has 0 saturated carbocycles. The van der Waals surface area contributed by atoms with E-state index in [1.807, 2.05) is 6.26 Å². The van der Waals surface area contributed by atoms with Crippen LogP contribution < -0.4 is 0 Å². The van der Waals surface area contributed by atoms with Crippen LogP contribution >= 0.6 is 11.8 Å². The third-order valence-corrected chi connectivity index (χ3v) is 0.900. The molecule has 39 valence electrons. The molecule has 0 bridgehead atoms. The van der Waals surface area contributed by atoms with E-state index in [1.54, 1.807) is 11.8 Å². The smallest absolute Gasteiger partial charge is 0.0544 e. The summed E-state index contributed by atoms with van der Waals surface area (Å²) in [5.41, 5.74) is 0. The van der Waals surface area contributed by atoms with Crippen molar-refractivity contribution in [1.29, 1.82) is 0 Å². The minimum Gasteiger partial charge on any atom is -0.152 e. The lowest BCUT2D eigenvalue weighted by Crippen LogP contribution is -1.64. The zero-order valence-corrected chi connectivity index (χ0v) is 5.35. The highest BCUT2D eigenvalue weighted by Crippen LogP contribution is 1.85. The molecule has 1 radical (unpaired) electrons. The van der Waals surface area contributed by atoms with Crippen LogP contribution in [0.25, 0.3) is 0 Å². The Morgan fingerprint density at radius 3 is 2.71 bits per heavy atom. The van der Waals surface area contributed by atoms with Gasteiger partial charge in [0.05, 0.1) is 5.75 Å². The first-order valence-electron chi connectivity index (χ1n) is 2.15. The van der Waals surface area contributed by atoms with Crippen molar-refractivity contribution >= 4 is 11.8 Å². The third kappa shape index (κ3) is 5.91. The van der Waals surface area contributed by atoms with Crippen molar-refractivity contribution in [3.05, 3.63) is 6.92 Å². The number of rotatable bonds is 1. The number of hydrogen-bond donors (Lipinski definition) is 0. The van der Waals surface area contributed by atoms with Gasteiger partial charge in [0.15, 0.2) is 0 Å². The standard InChI is InChI=1S/C6H9S/c1-3-4-5-6-7-2/h1,3,6H2,2H3.